The molecule has 0 N–H and O–H groups in total. The Bertz CT molecular complexity index is 5530. The molecule has 22 unspecified atom stereocenters. The maximum absolute atomic E-state index is 2.97. The van der Waals surface area contributed by atoms with Crippen molar-refractivity contribution in [3.8, 4) is 11.1 Å². The van der Waals surface area contributed by atoms with E-state index in [4.69, 9.17) is 0 Å². The molecule has 2 spiro atoms. The highest BCUT2D eigenvalue weighted by Gasteiger charge is 2.89. The normalized spacial score (nSPS) is 47.7. The maximum Gasteiger partial charge on any atom is 0.0645 e. The third-order valence-corrected chi connectivity index (χ3v) is 32.8. The molecule has 34 rings (SSSR count). The van der Waals surface area contributed by atoms with E-state index in [0.29, 0.717) is 118 Å². The van der Waals surface area contributed by atoms with Crippen molar-refractivity contribution in [3.63, 3.8) is 0 Å². The van der Waals surface area contributed by atoms with Gasteiger partial charge in [-0.05, 0) is 350 Å². The van der Waals surface area contributed by atoms with Gasteiger partial charge in [-0.25, -0.2) is 0 Å². The molecule has 22 aliphatic carbocycles. The van der Waals surface area contributed by atoms with Crippen LogP contribution in [0, 0.1) is 11.8 Å². The van der Waals surface area contributed by atoms with Crippen LogP contribution in [-0.2, 0) is 15.6 Å². The minimum Gasteiger partial charge on any atom is -0.112 e. The highest BCUT2D eigenvalue weighted by Crippen LogP contribution is 3.01. The molecular formula is C70H32S. The zero-order valence-electron chi connectivity index (χ0n) is 38.7. The van der Waals surface area contributed by atoms with Crippen LogP contribution in [0.4, 0.5) is 0 Å². The van der Waals surface area contributed by atoms with Crippen LogP contribution in [0.5, 0.6) is 0 Å². The highest BCUT2D eigenvalue weighted by atomic mass is 32.2. The van der Waals surface area contributed by atoms with Crippen LogP contribution in [0.2, 0.25) is 0 Å². The lowest BCUT2D eigenvalue weighted by atomic mass is 9.39. The average Bonchev–Trinajstić information content (AvgIpc) is 4.39. The first-order valence-electron chi connectivity index (χ1n) is 29.1. The predicted octanol–water partition coefficient (Wildman–Crippen LogP) is 15.8. The summed E-state index contributed by atoms with van der Waals surface area (Å²) >= 11 is 2.58. The summed E-state index contributed by atoms with van der Waals surface area (Å²) in [5.74, 6) is 13.3. The summed E-state index contributed by atoms with van der Waals surface area (Å²) in [4.78, 5) is 1.72. The standard InChI is InChI=1S/C70H32S/c1-68(2,3)7-4-5-9-8(6-7)69-64-56-48-38-28-20-12-10-11-14-18-16(12)24-32-26(18)36-30-22(14)23-15(11)19-17-13(10)21(20)29-35-25(17)33-27(19)37-31(23)41-40(30)52-46(36)54-44(32)50(42(48)34(24)28)58(64)60(54)66-62(52)63-53(41)47(37)55-45(33)51-43(35)49(39(29)38)57(56)65(69)59(51)61(55)67(63)70(66,69)71-9/h4-6,12,14,16,18,20,22,28,30,38-41,49,53,57,59,61,63,65,67H,1-3H3. The molecule has 1 heteroatoms. The van der Waals surface area contributed by atoms with Crippen LogP contribution < -0.4 is 0 Å². The Labute approximate surface area is 406 Å². The minimum absolute atomic E-state index is 0.0157. The second-order valence-corrected chi connectivity index (χ2v) is 32.4. The van der Waals surface area contributed by atoms with Gasteiger partial charge in [-0.2, -0.15) is 0 Å². The Kier molecular flexibility index (Phi) is 2.66. The lowest BCUT2D eigenvalue weighted by molar-refractivity contribution is 0.0341. The monoisotopic (exact) mass is 904 g/mol. The molecule has 0 aromatic heterocycles. The molecule has 1 saturated carbocycles. The molecule has 1 fully saturated rings. The summed E-state index contributed by atoms with van der Waals surface area (Å²) in [5, 5.41) is 30.7. The van der Waals surface area contributed by atoms with Gasteiger partial charge in [-0.3, -0.25) is 0 Å². The summed E-state index contributed by atoms with van der Waals surface area (Å²) in [6, 6.07) is 8.38. The van der Waals surface area contributed by atoms with Gasteiger partial charge in [0.1, 0.15) is 0 Å². The first kappa shape index (κ1) is 28.8. The molecule has 23 aliphatic rings. The molecule has 1 heterocycles. The van der Waals surface area contributed by atoms with E-state index in [2.05, 4.69) is 61.9 Å². The number of rotatable bonds is 0. The van der Waals surface area contributed by atoms with Gasteiger partial charge in [0.15, 0.2) is 0 Å². The van der Waals surface area contributed by atoms with Crippen LogP contribution in [0.15, 0.2) is 23.1 Å². The van der Waals surface area contributed by atoms with Gasteiger partial charge >= 0.3 is 0 Å². The third-order valence-electron chi connectivity index (χ3n) is 31.1. The van der Waals surface area contributed by atoms with E-state index in [1.54, 1.807) is 10.5 Å². The van der Waals surface area contributed by atoms with Crippen molar-refractivity contribution in [1.82, 2.24) is 0 Å². The average molecular weight is 905 g/mol. The van der Waals surface area contributed by atoms with Crippen LogP contribution >= 0.6 is 11.8 Å². The fourth-order valence-electron chi connectivity index (χ4n) is 32.3. The Hall–Kier alpha value is -5.37. The number of fused-ring (bicyclic) bond motifs is 1. The zero-order valence-corrected chi connectivity index (χ0v) is 39.5. The molecule has 71 heavy (non-hydrogen) atoms. The van der Waals surface area contributed by atoms with Crippen LogP contribution in [-0.4, -0.2) is 0 Å². The molecule has 0 bridgehead atoms. The van der Waals surface area contributed by atoms with Crippen molar-refractivity contribution in [2.45, 2.75) is 148 Å². The molecule has 1 aliphatic heterocycles. The molecule has 22 atom stereocenters. The predicted molar refractivity (Wildman–Crippen MR) is 275 cm³/mol. The molecule has 0 nitrogen and oxygen atoms in total. The first-order chi connectivity index (χ1) is 35.0. The number of benzene rings is 10. The van der Waals surface area contributed by atoms with Gasteiger partial charge < -0.3 is 0 Å². The molecular weight excluding hydrogens is 873 g/mol. The highest BCUT2D eigenvalue weighted by molar-refractivity contribution is 8.00. The summed E-state index contributed by atoms with van der Waals surface area (Å²) in [5.41, 5.74) is 48.2. The molecule has 0 saturated heterocycles. The zero-order chi connectivity index (χ0) is 42.5. The summed E-state index contributed by atoms with van der Waals surface area (Å²) < 4.78 is 0.0549. The number of hydrogen-bond donors (Lipinski definition) is 0. The summed E-state index contributed by atoms with van der Waals surface area (Å²) in [6.07, 6.45) is 0. The van der Waals surface area contributed by atoms with Crippen molar-refractivity contribution >= 4 is 97.9 Å². The third kappa shape index (κ3) is 1.60. The first-order valence-corrected chi connectivity index (χ1v) is 29.9. The second-order valence-electron chi connectivity index (χ2n) is 31.1. The fraction of sp³-hybridized carbons (Fsp3) is 0.371. The van der Waals surface area contributed by atoms with Crippen LogP contribution in [0.25, 0.3) is 97.3 Å². The lowest BCUT2D eigenvalue weighted by Gasteiger charge is -2.65. The molecule has 0 radical (unpaired) electrons. The van der Waals surface area contributed by atoms with E-state index in [1.165, 1.54) is 0 Å². The summed E-state index contributed by atoms with van der Waals surface area (Å²) in [6.45, 7) is 7.61. The van der Waals surface area contributed by atoms with Gasteiger partial charge in [-0.1, -0.05) is 32.9 Å². The Morgan fingerprint density at radius 3 is 1.07 bits per heavy atom. The Morgan fingerprint density at radius 2 is 0.634 bits per heavy atom. The largest absolute Gasteiger partial charge is 0.112 e. The minimum atomic E-state index is 0.0157. The lowest BCUT2D eigenvalue weighted by Crippen LogP contribution is -2.62. The molecule has 11 aromatic rings. The molecule has 11 aromatic carbocycles. The van der Waals surface area contributed by atoms with E-state index in [-0.39, 0.29) is 15.6 Å². The molecule has 0 amide bonds. The van der Waals surface area contributed by atoms with Gasteiger partial charge in [-0.15, -0.1) is 11.8 Å². The van der Waals surface area contributed by atoms with Gasteiger partial charge in [0.2, 0.25) is 0 Å². The topological polar surface area (TPSA) is 0 Å². The van der Waals surface area contributed by atoms with Crippen molar-refractivity contribution in [3.05, 3.63) is 141 Å². The van der Waals surface area contributed by atoms with E-state index < -0.39 is 0 Å². The Morgan fingerprint density at radius 1 is 0.324 bits per heavy atom. The fourth-order valence-corrected chi connectivity index (χ4v) is 34.3. The van der Waals surface area contributed by atoms with Crippen molar-refractivity contribution < 1.29 is 0 Å². The van der Waals surface area contributed by atoms with Crippen LogP contribution in [0.1, 0.15) is 250 Å². The second kappa shape index (κ2) is 6.57. The quantitative estimate of drug-likeness (QED) is 0.137. The smallest absolute Gasteiger partial charge is 0.0645 e. The van der Waals surface area contributed by atoms with Gasteiger partial charge in [0, 0.05) is 10.3 Å². The number of hydrogen-bond acceptors (Lipinski definition) is 1. The van der Waals surface area contributed by atoms with Crippen molar-refractivity contribution in [1.29, 1.82) is 0 Å². The molecule has 318 valence electrons. The van der Waals surface area contributed by atoms with E-state index in [0.717, 1.165) is 0 Å². The van der Waals surface area contributed by atoms with E-state index in [9.17, 15) is 0 Å². The van der Waals surface area contributed by atoms with Crippen molar-refractivity contribution in [2.24, 2.45) is 11.8 Å². The SMILES string of the molecule is CC(C)(C)c1ccc2c(c1)C13c4c5c6c7c8c9c%10c%11c%12c%13c%14c%15c(c%16c%13c%10c7c4-%16)C1(S2)C1C%15C2c4c7c%10c%13c%15c%16c%17c%18c%19c%20c%21c%22c%23c(c4c4c%22c%19c%16c%104)C2C%14C%12C%23C%21C%11C9C%20C%18C8C6C%17C%15C5C3C%13C71. The number of thioether (sulfide) groups is 1. The van der Waals surface area contributed by atoms with Crippen molar-refractivity contribution in [2.75, 3.05) is 0 Å². The van der Waals surface area contributed by atoms with Crippen LogP contribution in [0.3, 0.4) is 0 Å². The van der Waals surface area contributed by atoms with Gasteiger partial charge in [0.05, 0.1) is 4.75 Å². The Balaban J connectivity index is 1.01. The van der Waals surface area contributed by atoms with Gasteiger partial charge in [0.25, 0.3) is 0 Å². The maximum atomic E-state index is 2.97. The van der Waals surface area contributed by atoms with E-state index in [1.807, 2.05) is 203 Å². The summed E-state index contributed by atoms with van der Waals surface area (Å²) in [7, 11) is 0. The van der Waals surface area contributed by atoms with E-state index >= 15 is 0 Å².